The number of fused-ring (bicyclic) bond motifs is 6. The molecule has 2 aromatic carbocycles. The van der Waals surface area contributed by atoms with Gasteiger partial charge in [-0.15, -0.1) is 0 Å². The lowest BCUT2D eigenvalue weighted by Crippen LogP contribution is -2.49. The van der Waals surface area contributed by atoms with Crippen LogP contribution in [0.5, 0.6) is 0 Å². The molecule has 5 unspecified atom stereocenters. The van der Waals surface area contributed by atoms with Crippen molar-refractivity contribution in [3.05, 3.63) is 83.5 Å². The molecule has 3 heterocycles. The fourth-order valence-corrected chi connectivity index (χ4v) is 7.03. The molecular weight excluding hydrogens is 420 g/mol. The van der Waals surface area contributed by atoms with Crippen molar-refractivity contribution in [3.8, 4) is 12.1 Å². The molecule has 5 atom stereocenters. The summed E-state index contributed by atoms with van der Waals surface area (Å²) in [5.74, 6) is 0.180. The second kappa shape index (κ2) is 6.58. The third-order valence-corrected chi connectivity index (χ3v) is 9.02. The van der Waals surface area contributed by atoms with E-state index < -0.39 is 0 Å². The minimum Gasteiger partial charge on any atom is -0.359 e. The van der Waals surface area contributed by atoms with Crippen LogP contribution < -0.4 is 9.80 Å². The van der Waals surface area contributed by atoms with E-state index in [0.717, 1.165) is 5.69 Å². The molecule has 0 saturated heterocycles. The summed E-state index contributed by atoms with van der Waals surface area (Å²) in [5.41, 5.74) is 5.79. The highest BCUT2D eigenvalue weighted by Crippen LogP contribution is 2.81. The Morgan fingerprint density at radius 1 is 0.794 bits per heavy atom. The van der Waals surface area contributed by atoms with Gasteiger partial charge < -0.3 is 19.6 Å². The maximum Gasteiger partial charge on any atom is 0.112 e. The van der Waals surface area contributed by atoms with Crippen LogP contribution >= 0.6 is 0 Å². The lowest BCUT2D eigenvalue weighted by atomic mass is 9.81. The van der Waals surface area contributed by atoms with E-state index >= 15 is 0 Å². The normalized spacial score (nSPS) is 32.3. The zero-order valence-electron chi connectivity index (χ0n) is 20.2. The molecule has 1 saturated carbocycles. The van der Waals surface area contributed by atoms with Crippen molar-refractivity contribution >= 4 is 11.4 Å². The molecule has 6 rings (SSSR count). The van der Waals surface area contributed by atoms with E-state index in [4.69, 9.17) is 0 Å². The largest absolute Gasteiger partial charge is 0.359 e. The second-order valence-electron chi connectivity index (χ2n) is 10.4. The maximum absolute atomic E-state index is 9.77. The number of hydrogen-bond acceptors (Lipinski definition) is 6. The summed E-state index contributed by atoms with van der Waals surface area (Å²) in [6.45, 7) is 6.91. The van der Waals surface area contributed by atoms with Crippen molar-refractivity contribution in [2.45, 2.75) is 44.4 Å². The van der Waals surface area contributed by atoms with Crippen LogP contribution in [0.25, 0.3) is 0 Å². The Morgan fingerprint density at radius 2 is 1.41 bits per heavy atom. The highest BCUT2D eigenvalue weighted by Gasteiger charge is 2.79. The molecule has 4 aliphatic rings. The summed E-state index contributed by atoms with van der Waals surface area (Å²) < 4.78 is 0. The van der Waals surface area contributed by atoms with E-state index in [1.807, 2.05) is 12.1 Å². The first-order chi connectivity index (χ1) is 16.3. The Balaban J connectivity index is 1.59. The summed E-state index contributed by atoms with van der Waals surface area (Å²) in [6, 6.07) is 16.9. The van der Waals surface area contributed by atoms with Gasteiger partial charge in [-0.2, -0.15) is 10.5 Å². The molecule has 2 aromatic rings. The Kier molecular flexibility index (Phi) is 4.00. The summed E-state index contributed by atoms with van der Waals surface area (Å²) in [6.07, 6.45) is 8.88. The Hall–Kier alpha value is -3.90. The zero-order valence-corrected chi connectivity index (χ0v) is 20.2. The summed E-state index contributed by atoms with van der Waals surface area (Å²) in [7, 11) is 4.23. The van der Waals surface area contributed by atoms with Crippen molar-refractivity contribution in [1.29, 1.82) is 10.5 Å². The SMILES string of the molecule is CC1N(C)C=CN1c1ccc(C#N)cc1C1C2(C)c3cc(C#N)ccc3N3C=CN(C)C3C12C. The van der Waals surface area contributed by atoms with Crippen molar-refractivity contribution < 1.29 is 0 Å². The average Bonchev–Trinajstić information content (AvgIpc) is 3.09. The predicted molar refractivity (Wildman–Crippen MR) is 133 cm³/mol. The first kappa shape index (κ1) is 20.7. The van der Waals surface area contributed by atoms with E-state index in [1.54, 1.807) is 0 Å². The third kappa shape index (κ3) is 2.28. The predicted octanol–water partition coefficient (Wildman–Crippen LogP) is 4.62. The molecule has 0 radical (unpaired) electrons. The van der Waals surface area contributed by atoms with Crippen LogP contribution in [0.15, 0.2) is 61.2 Å². The molecule has 1 aliphatic carbocycles. The molecule has 34 heavy (non-hydrogen) atoms. The summed E-state index contributed by atoms with van der Waals surface area (Å²) >= 11 is 0. The fourth-order valence-electron chi connectivity index (χ4n) is 7.03. The lowest BCUT2D eigenvalue weighted by molar-refractivity contribution is 0.217. The molecule has 6 heteroatoms. The molecule has 0 amide bonds. The number of anilines is 2. The van der Waals surface area contributed by atoms with Crippen LogP contribution in [0.1, 0.15) is 48.9 Å². The quantitative estimate of drug-likeness (QED) is 0.668. The van der Waals surface area contributed by atoms with Crippen LogP contribution in [-0.2, 0) is 5.41 Å². The van der Waals surface area contributed by atoms with Crippen LogP contribution in [0.4, 0.5) is 11.4 Å². The van der Waals surface area contributed by atoms with Gasteiger partial charge in [0.1, 0.15) is 12.3 Å². The molecule has 0 N–H and O–H groups in total. The topological polar surface area (TPSA) is 60.5 Å². The molecule has 0 spiro atoms. The minimum atomic E-state index is -0.182. The molecule has 6 nitrogen and oxygen atoms in total. The van der Waals surface area contributed by atoms with Gasteiger partial charge in [-0.25, -0.2) is 0 Å². The van der Waals surface area contributed by atoms with Crippen molar-refractivity contribution in [1.82, 2.24) is 9.80 Å². The Bertz CT molecular complexity index is 1360. The third-order valence-electron chi connectivity index (χ3n) is 9.02. The van der Waals surface area contributed by atoms with Gasteiger partial charge >= 0.3 is 0 Å². The van der Waals surface area contributed by atoms with Crippen LogP contribution in [-0.4, -0.2) is 36.2 Å². The van der Waals surface area contributed by atoms with Crippen LogP contribution in [0.3, 0.4) is 0 Å². The smallest absolute Gasteiger partial charge is 0.112 e. The molecule has 1 fully saturated rings. The second-order valence-corrected chi connectivity index (χ2v) is 10.4. The van der Waals surface area contributed by atoms with E-state index in [0.29, 0.717) is 11.1 Å². The molecule has 0 aromatic heterocycles. The fraction of sp³-hybridized carbons (Fsp3) is 0.357. The van der Waals surface area contributed by atoms with Crippen LogP contribution in [0, 0.1) is 28.1 Å². The Labute approximate surface area is 201 Å². The molecular formula is C28H28N6. The first-order valence-electron chi connectivity index (χ1n) is 11.7. The zero-order chi connectivity index (χ0) is 24.0. The van der Waals surface area contributed by atoms with Gasteiger partial charge in [-0.3, -0.25) is 0 Å². The van der Waals surface area contributed by atoms with Crippen molar-refractivity contribution in [2.75, 3.05) is 23.9 Å². The lowest BCUT2D eigenvalue weighted by Gasteiger charge is -2.43. The average molecular weight is 449 g/mol. The molecule has 3 aliphatic heterocycles. The monoisotopic (exact) mass is 448 g/mol. The number of hydrogen-bond donors (Lipinski definition) is 0. The van der Waals surface area contributed by atoms with E-state index in [1.165, 1.54) is 16.8 Å². The van der Waals surface area contributed by atoms with Gasteiger partial charge in [-0.1, -0.05) is 13.8 Å². The molecule has 0 bridgehead atoms. The van der Waals surface area contributed by atoms with Gasteiger partial charge in [-0.05, 0) is 54.4 Å². The van der Waals surface area contributed by atoms with Gasteiger partial charge in [0.05, 0.1) is 23.3 Å². The summed E-state index contributed by atoms with van der Waals surface area (Å²) in [4.78, 5) is 9.16. The number of nitrogens with zero attached hydrogens (tertiary/aromatic N) is 6. The van der Waals surface area contributed by atoms with Crippen LogP contribution in [0.2, 0.25) is 0 Å². The van der Waals surface area contributed by atoms with Crippen molar-refractivity contribution in [3.63, 3.8) is 0 Å². The van der Waals surface area contributed by atoms with E-state index in [9.17, 15) is 10.5 Å². The minimum absolute atomic E-state index is 0.117. The number of benzene rings is 2. The highest BCUT2D eigenvalue weighted by molar-refractivity contribution is 5.75. The number of rotatable bonds is 2. The summed E-state index contributed by atoms with van der Waals surface area (Å²) in [5, 5.41) is 19.4. The van der Waals surface area contributed by atoms with E-state index in [-0.39, 0.29) is 29.1 Å². The first-order valence-corrected chi connectivity index (χ1v) is 11.7. The van der Waals surface area contributed by atoms with Crippen molar-refractivity contribution in [2.24, 2.45) is 5.41 Å². The maximum atomic E-state index is 9.77. The molecule has 170 valence electrons. The van der Waals surface area contributed by atoms with Gasteiger partial charge in [0, 0.05) is 67.0 Å². The highest BCUT2D eigenvalue weighted by atomic mass is 15.4. The number of nitriles is 2. The van der Waals surface area contributed by atoms with Gasteiger partial charge in [0.15, 0.2) is 0 Å². The standard InChI is InChI=1S/C28H28N6/c1-18-31(4)10-12-33(18)23-8-6-19(16-29)14-21(23)25-27(2)22-15-20(17-30)7-9-24(22)34-13-11-32(5)26(34)28(25,27)3/h6-15,18,25-26H,1-5H3. The van der Waals surface area contributed by atoms with E-state index in [2.05, 4.69) is 116 Å². The van der Waals surface area contributed by atoms with Gasteiger partial charge in [0.2, 0.25) is 0 Å². The van der Waals surface area contributed by atoms with Gasteiger partial charge in [0.25, 0.3) is 0 Å². The Morgan fingerprint density at radius 3 is 2.06 bits per heavy atom.